The van der Waals surface area contributed by atoms with E-state index in [2.05, 4.69) is 20.1 Å². The summed E-state index contributed by atoms with van der Waals surface area (Å²) in [6, 6.07) is 7.84. The first-order valence-electron chi connectivity index (χ1n) is 11.6. The predicted molar refractivity (Wildman–Crippen MR) is 140 cm³/mol. The van der Waals surface area contributed by atoms with E-state index in [1.807, 2.05) is 0 Å². The molecule has 0 spiro atoms. The maximum absolute atomic E-state index is 13.7. The van der Waals surface area contributed by atoms with Gasteiger partial charge >= 0.3 is 19.9 Å². The molecule has 2 aromatic carbocycles. The van der Waals surface area contributed by atoms with Crippen molar-refractivity contribution in [1.82, 2.24) is 15.2 Å². The molecular formula is C24H26ClF2N4O8P. The van der Waals surface area contributed by atoms with Crippen LogP contribution in [0.5, 0.6) is 0 Å². The monoisotopic (exact) mass is 602 g/mol. The highest BCUT2D eigenvalue weighted by molar-refractivity contribution is 7.46. The molecule has 216 valence electrons. The van der Waals surface area contributed by atoms with Crippen LogP contribution in [-0.2, 0) is 20.4 Å². The lowest BCUT2D eigenvalue weighted by Gasteiger charge is -2.29. The van der Waals surface area contributed by atoms with Gasteiger partial charge in [0, 0.05) is 25.2 Å². The van der Waals surface area contributed by atoms with Gasteiger partial charge in [-0.25, -0.2) is 27.9 Å². The number of amides is 3. The number of likely N-dealkylation sites (N-methyl/N-ethyl adjacent to an activating group) is 1. The first-order valence-corrected chi connectivity index (χ1v) is 13.5. The second-order valence-electron chi connectivity index (χ2n) is 8.60. The zero-order valence-corrected chi connectivity index (χ0v) is 22.6. The maximum Gasteiger partial charge on any atom is 0.469 e. The summed E-state index contributed by atoms with van der Waals surface area (Å²) in [6.45, 7) is -1.38. The number of nitrogens with zero attached hydrogens (tertiary/aromatic N) is 2. The minimum Gasteiger partial charge on any atom is -0.447 e. The van der Waals surface area contributed by atoms with Crippen LogP contribution < -0.4 is 10.6 Å². The number of hydrogen-bond acceptors (Lipinski definition) is 7. The summed E-state index contributed by atoms with van der Waals surface area (Å²) in [7, 11) is -3.55. The number of rotatable bonds is 11. The number of benzene rings is 2. The van der Waals surface area contributed by atoms with Crippen LogP contribution in [0.3, 0.4) is 0 Å². The van der Waals surface area contributed by atoms with E-state index in [9.17, 15) is 28.0 Å². The number of ether oxygens (including phenoxy) is 1. The fourth-order valence-corrected chi connectivity index (χ4v) is 4.10. The normalized spacial score (nSPS) is 13.0. The van der Waals surface area contributed by atoms with E-state index < -0.39 is 56.9 Å². The first-order chi connectivity index (χ1) is 18.8. The molecule has 0 bridgehead atoms. The number of hydrogen-bond donors (Lipinski definition) is 5. The fraction of sp³-hybridized carbons (Fsp3) is 0.292. The molecule has 3 amide bonds. The average Bonchev–Trinajstić information content (AvgIpc) is 2.89. The van der Waals surface area contributed by atoms with Crippen LogP contribution in [0.1, 0.15) is 12.0 Å². The first kappa shape index (κ1) is 31.1. The van der Waals surface area contributed by atoms with E-state index in [4.69, 9.17) is 26.1 Å². The number of phosphoric ester groups is 1. The SMILES string of the molecule is CN(C(=O)NCc1cccc(F)c1Cl)[C@@H](COC(=O)Nc1cc2cc(F)ccc2cn1)C[C@H](O)COP(=O)(O)O. The van der Waals surface area contributed by atoms with Crippen LogP contribution in [0.25, 0.3) is 10.8 Å². The Morgan fingerprint density at radius 2 is 1.90 bits per heavy atom. The van der Waals surface area contributed by atoms with Gasteiger partial charge in [0.15, 0.2) is 0 Å². The summed E-state index contributed by atoms with van der Waals surface area (Å²) < 4.78 is 47.7. The number of carbonyl (C=O) groups is 2. The second kappa shape index (κ2) is 13.8. The van der Waals surface area contributed by atoms with Crippen molar-refractivity contribution in [2.45, 2.75) is 25.1 Å². The molecule has 0 radical (unpaired) electrons. The van der Waals surface area contributed by atoms with Gasteiger partial charge in [-0.05, 0) is 47.7 Å². The third-order valence-corrected chi connectivity index (χ3v) is 6.54. The number of phosphoric acid groups is 1. The summed E-state index contributed by atoms with van der Waals surface area (Å²) in [4.78, 5) is 48.1. The van der Waals surface area contributed by atoms with Crippen molar-refractivity contribution in [2.24, 2.45) is 0 Å². The summed E-state index contributed by atoms with van der Waals surface area (Å²) >= 11 is 5.91. The van der Waals surface area contributed by atoms with Crippen LogP contribution >= 0.6 is 19.4 Å². The Labute approximate surface area is 232 Å². The van der Waals surface area contributed by atoms with E-state index in [-0.39, 0.29) is 23.8 Å². The van der Waals surface area contributed by atoms with Gasteiger partial charge in [0.2, 0.25) is 0 Å². The van der Waals surface area contributed by atoms with Crippen LogP contribution in [0.2, 0.25) is 5.02 Å². The van der Waals surface area contributed by atoms with Crippen molar-refractivity contribution in [2.75, 3.05) is 25.6 Å². The molecule has 0 fully saturated rings. The highest BCUT2D eigenvalue weighted by Crippen LogP contribution is 2.36. The molecule has 5 N–H and O–H groups in total. The van der Waals surface area contributed by atoms with Crippen LogP contribution in [0.4, 0.5) is 24.2 Å². The molecule has 12 nitrogen and oxygen atoms in total. The Kier molecular flexibility index (Phi) is 10.7. The van der Waals surface area contributed by atoms with Crippen molar-refractivity contribution >= 4 is 48.1 Å². The Balaban J connectivity index is 1.65. The lowest BCUT2D eigenvalue weighted by Crippen LogP contribution is -2.47. The van der Waals surface area contributed by atoms with Gasteiger partial charge in [-0.3, -0.25) is 9.84 Å². The number of fused-ring (bicyclic) bond motifs is 1. The number of carbonyl (C=O) groups excluding carboxylic acids is 2. The van der Waals surface area contributed by atoms with Crippen LogP contribution in [0, 0.1) is 11.6 Å². The number of aliphatic hydroxyl groups excluding tert-OH is 1. The zero-order valence-electron chi connectivity index (χ0n) is 21.0. The Morgan fingerprint density at radius 3 is 2.62 bits per heavy atom. The fourth-order valence-electron chi connectivity index (χ4n) is 3.54. The van der Waals surface area contributed by atoms with Gasteiger partial charge in [-0.15, -0.1) is 0 Å². The minimum absolute atomic E-state index is 0.0628. The number of urea groups is 1. The number of anilines is 1. The molecule has 40 heavy (non-hydrogen) atoms. The van der Waals surface area contributed by atoms with Crippen molar-refractivity contribution in [1.29, 1.82) is 0 Å². The smallest absolute Gasteiger partial charge is 0.447 e. The number of pyridine rings is 1. The third kappa shape index (κ3) is 9.37. The van der Waals surface area contributed by atoms with Crippen molar-refractivity contribution in [3.63, 3.8) is 0 Å². The molecule has 3 aromatic rings. The van der Waals surface area contributed by atoms with Crippen LogP contribution in [-0.4, -0.2) is 69.3 Å². The van der Waals surface area contributed by atoms with Gasteiger partial charge in [0.25, 0.3) is 0 Å². The van der Waals surface area contributed by atoms with Crippen molar-refractivity contribution in [3.05, 3.63) is 70.9 Å². The van der Waals surface area contributed by atoms with E-state index >= 15 is 0 Å². The van der Waals surface area contributed by atoms with E-state index in [1.165, 1.54) is 49.6 Å². The van der Waals surface area contributed by atoms with E-state index in [0.717, 1.165) is 11.0 Å². The molecule has 1 heterocycles. The largest absolute Gasteiger partial charge is 0.469 e. The standard InChI is InChI=1S/C24H26ClF2N4O8P/c1-31(23(33)29-11-15-3-2-4-20(27)22(15)25)18(9-19(32)13-39-40(35,36)37)12-38-24(34)30-21-8-16-7-17(26)6-5-14(16)10-28-21/h2-8,10,18-19,32H,9,11-13H2,1H3,(H,29,33)(H,28,30,34)(H2,35,36,37)/t18-,19+/m1/s1. The molecule has 0 aliphatic heterocycles. The third-order valence-electron chi connectivity index (χ3n) is 5.63. The lowest BCUT2D eigenvalue weighted by molar-refractivity contribution is 0.0452. The molecule has 0 aliphatic carbocycles. The molecule has 16 heteroatoms. The molecular weight excluding hydrogens is 577 g/mol. The second-order valence-corrected chi connectivity index (χ2v) is 10.2. The highest BCUT2D eigenvalue weighted by atomic mass is 35.5. The number of aromatic nitrogens is 1. The summed E-state index contributed by atoms with van der Waals surface area (Å²) in [5, 5.41) is 16.1. The quantitative estimate of drug-likeness (QED) is 0.205. The molecule has 0 saturated heterocycles. The summed E-state index contributed by atoms with van der Waals surface area (Å²) in [5.74, 6) is -1.08. The minimum atomic E-state index is -4.87. The van der Waals surface area contributed by atoms with Gasteiger partial charge < -0.3 is 29.8 Å². The zero-order chi connectivity index (χ0) is 29.4. The lowest BCUT2D eigenvalue weighted by atomic mass is 10.1. The van der Waals surface area contributed by atoms with E-state index in [0.29, 0.717) is 16.3 Å². The molecule has 0 unspecified atom stereocenters. The Morgan fingerprint density at radius 1 is 1.15 bits per heavy atom. The van der Waals surface area contributed by atoms with Crippen molar-refractivity contribution < 1.29 is 47.1 Å². The molecule has 3 rings (SSSR count). The number of aliphatic hydroxyl groups is 1. The molecule has 0 aliphatic rings. The van der Waals surface area contributed by atoms with Gasteiger partial charge in [-0.2, -0.15) is 0 Å². The molecule has 0 saturated carbocycles. The highest BCUT2D eigenvalue weighted by Gasteiger charge is 2.27. The van der Waals surface area contributed by atoms with E-state index in [1.54, 1.807) is 0 Å². The predicted octanol–water partition coefficient (Wildman–Crippen LogP) is 3.79. The number of nitrogens with one attached hydrogen (secondary N) is 2. The Bertz CT molecular complexity index is 1410. The number of halogens is 3. The molecule has 1 aromatic heterocycles. The van der Waals surface area contributed by atoms with Crippen LogP contribution in [0.15, 0.2) is 48.7 Å². The average molecular weight is 603 g/mol. The Hall–Kier alpha value is -3.39. The summed E-state index contributed by atoms with van der Waals surface area (Å²) in [5.41, 5.74) is 0.299. The van der Waals surface area contributed by atoms with Gasteiger partial charge in [-0.1, -0.05) is 23.7 Å². The van der Waals surface area contributed by atoms with Gasteiger partial charge in [0.1, 0.15) is 24.1 Å². The summed E-state index contributed by atoms with van der Waals surface area (Å²) in [6.07, 6.45) is -1.33. The molecule has 2 atom stereocenters. The van der Waals surface area contributed by atoms with Gasteiger partial charge in [0.05, 0.1) is 23.8 Å². The topological polar surface area (TPSA) is 171 Å². The van der Waals surface area contributed by atoms with Crippen molar-refractivity contribution in [3.8, 4) is 0 Å². The maximum atomic E-state index is 13.7.